The third kappa shape index (κ3) is 3.42. The van der Waals surface area contributed by atoms with Crippen LogP contribution in [0.25, 0.3) is 0 Å². The van der Waals surface area contributed by atoms with E-state index in [0.717, 1.165) is 5.56 Å². The van der Waals surface area contributed by atoms with Crippen LogP contribution >= 0.6 is 34.8 Å². The number of esters is 1. The molecule has 20 heavy (non-hydrogen) atoms. The van der Waals surface area contributed by atoms with E-state index in [2.05, 4.69) is 10.3 Å². The van der Waals surface area contributed by atoms with E-state index in [0.29, 0.717) is 21.6 Å². The molecule has 0 aliphatic rings. The zero-order valence-corrected chi connectivity index (χ0v) is 12.7. The predicted octanol–water partition coefficient (Wildman–Crippen LogP) is 3.46. The molecule has 2 rings (SSSR count). The zero-order chi connectivity index (χ0) is 14.7. The van der Waals surface area contributed by atoms with Gasteiger partial charge in [0.05, 0.1) is 34.4 Å². The van der Waals surface area contributed by atoms with Crippen LogP contribution in [0, 0.1) is 0 Å². The van der Waals surface area contributed by atoms with E-state index in [1.54, 1.807) is 19.1 Å². The first-order valence-corrected chi connectivity index (χ1v) is 6.85. The molecule has 0 radical (unpaired) electrons. The maximum atomic E-state index is 11.5. The van der Waals surface area contributed by atoms with Crippen LogP contribution in [0.3, 0.4) is 0 Å². The highest BCUT2D eigenvalue weighted by molar-refractivity contribution is 6.48. The summed E-state index contributed by atoms with van der Waals surface area (Å²) in [6, 6.07) is 3.36. The molecule has 0 fully saturated rings. The van der Waals surface area contributed by atoms with Gasteiger partial charge in [0, 0.05) is 0 Å². The van der Waals surface area contributed by atoms with Crippen LogP contribution in [-0.4, -0.2) is 27.6 Å². The fourth-order valence-electron chi connectivity index (χ4n) is 1.56. The molecule has 106 valence electrons. The van der Waals surface area contributed by atoms with Crippen LogP contribution in [0.5, 0.6) is 0 Å². The van der Waals surface area contributed by atoms with Gasteiger partial charge in [-0.3, -0.25) is 0 Å². The Morgan fingerprint density at radius 3 is 2.55 bits per heavy atom. The fourth-order valence-corrected chi connectivity index (χ4v) is 2.20. The Morgan fingerprint density at radius 1 is 1.30 bits per heavy atom. The van der Waals surface area contributed by atoms with E-state index < -0.39 is 5.97 Å². The molecule has 0 amide bonds. The summed E-state index contributed by atoms with van der Waals surface area (Å²) in [6.07, 6.45) is 1.49. The lowest BCUT2D eigenvalue weighted by Gasteiger charge is -2.05. The molecular formula is C12H10Cl3N3O2. The standard InChI is InChI=1S/C12H10Cl3N3O2/c1-2-20-12(19)10-6-18(17-16-10)5-7-3-8(13)11(15)9(14)4-7/h3-4,6H,2,5H2,1H3. The molecule has 1 aromatic carbocycles. The predicted molar refractivity (Wildman–Crippen MR) is 76.6 cm³/mol. The number of benzene rings is 1. The topological polar surface area (TPSA) is 57.0 Å². The first-order valence-electron chi connectivity index (χ1n) is 5.72. The highest BCUT2D eigenvalue weighted by Crippen LogP contribution is 2.31. The lowest BCUT2D eigenvalue weighted by atomic mass is 10.2. The minimum absolute atomic E-state index is 0.151. The Morgan fingerprint density at radius 2 is 1.95 bits per heavy atom. The first kappa shape index (κ1) is 15.1. The summed E-state index contributed by atoms with van der Waals surface area (Å²) in [7, 11) is 0. The molecule has 5 nitrogen and oxygen atoms in total. The Balaban J connectivity index is 2.17. The largest absolute Gasteiger partial charge is 0.461 e. The lowest BCUT2D eigenvalue weighted by molar-refractivity contribution is 0.0519. The summed E-state index contributed by atoms with van der Waals surface area (Å²) in [5.41, 5.74) is 0.947. The second-order valence-electron chi connectivity index (χ2n) is 3.90. The Bertz CT molecular complexity index is 620. The van der Waals surface area contributed by atoms with Gasteiger partial charge in [0.2, 0.25) is 0 Å². The Hall–Kier alpha value is -1.30. The smallest absolute Gasteiger partial charge is 0.360 e. The summed E-state index contributed by atoms with van der Waals surface area (Å²) >= 11 is 17.8. The van der Waals surface area contributed by atoms with Gasteiger partial charge in [-0.15, -0.1) is 5.10 Å². The molecule has 0 spiro atoms. The van der Waals surface area contributed by atoms with Crippen molar-refractivity contribution in [2.75, 3.05) is 6.61 Å². The van der Waals surface area contributed by atoms with Crippen LogP contribution < -0.4 is 0 Å². The van der Waals surface area contributed by atoms with Gasteiger partial charge in [-0.25, -0.2) is 9.48 Å². The molecule has 8 heteroatoms. The zero-order valence-electron chi connectivity index (χ0n) is 10.4. The summed E-state index contributed by atoms with van der Waals surface area (Å²) in [5, 5.41) is 8.61. The number of hydrogen-bond acceptors (Lipinski definition) is 4. The van der Waals surface area contributed by atoms with Gasteiger partial charge in [-0.05, 0) is 24.6 Å². The van der Waals surface area contributed by atoms with Gasteiger partial charge < -0.3 is 4.74 Å². The van der Waals surface area contributed by atoms with E-state index in [1.165, 1.54) is 10.9 Å². The fraction of sp³-hybridized carbons (Fsp3) is 0.250. The SMILES string of the molecule is CCOC(=O)c1cn(Cc2cc(Cl)c(Cl)c(Cl)c2)nn1. The van der Waals surface area contributed by atoms with E-state index in [1.807, 2.05) is 0 Å². The maximum Gasteiger partial charge on any atom is 0.360 e. The molecule has 0 bridgehead atoms. The third-order valence-corrected chi connectivity index (χ3v) is 3.61. The van der Waals surface area contributed by atoms with Crippen LogP contribution in [-0.2, 0) is 11.3 Å². The molecule has 2 aromatic rings. The molecule has 0 saturated carbocycles. The maximum absolute atomic E-state index is 11.5. The molecular weight excluding hydrogens is 325 g/mol. The lowest BCUT2D eigenvalue weighted by Crippen LogP contribution is -2.05. The third-order valence-electron chi connectivity index (χ3n) is 2.41. The van der Waals surface area contributed by atoms with Gasteiger partial charge in [0.15, 0.2) is 5.69 Å². The van der Waals surface area contributed by atoms with Gasteiger partial charge in [-0.1, -0.05) is 40.0 Å². The Labute approximate surface area is 130 Å². The number of rotatable bonds is 4. The average molecular weight is 335 g/mol. The normalized spacial score (nSPS) is 10.6. The van der Waals surface area contributed by atoms with E-state index in [9.17, 15) is 4.79 Å². The van der Waals surface area contributed by atoms with Gasteiger partial charge in [0.25, 0.3) is 0 Å². The number of aromatic nitrogens is 3. The van der Waals surface area contributed by atoms with Gasteiger partial charge in [-0.2, -0.15) is 0 Å². The van der Waals surface area contributed by atoms with Crippen LogP contribution in [0.15, 0.2) is 18.3 Å². The second-order valence-corrected chi connectivity index (χ2v) is 5.09. The number of ether oxygens (including phenoxy) is 1. The first-order chi connectivity index (χ1) is 9.51. The second kappa shape index (κ2) is 6.43. The van der Waals surface area contributed by atoms with Crippen LogP contribution in [0.2, 0.25) is 15.1 Å². The number of carbonyl (C=O) groups excluding carboxylic acids is 1. The molecule has 1 aromatic heterocycles. The molecule has 0 aliphatic carbocycles. The van der Waals surface area contributed by atoms with Crippen molar-refractivity contribution in [3.8, 4) is 0 Å². The number of halogens is 3. The number of nitrogens with zero attached hydrogens (tertiary/aromatic N) is 3. The van der Waals surface area contributed by atoms with Gasteiger partial charge in [0.1, 0.15) is 0 Å². The quantitative estimate of drug-likeness (QED) is 0.634. The van der Waals surface area contributed by atoms with Crippen LogP contribution in [0.4, 0.5) is 0 Å². The summed E-state index contributed by atoms with van der Waals surface area (Å²) < 4.78 is 6.32. The van der Waals surface area contributed by atoms with Crippen molar-refractivity contribution in [1.29, 1.82) is 0 Å². The molecule has 0 N–H and O–H groups in total. The average Bonchev–Trinajstić information content (AvgIpc) is 2.85. The molecule has 0 unspecified atom stereocenters. The highest BCUT2D eigenvalue weighted by Gasteiger charge is 2.12. The highest BCUT2D eigenvalue weighted by atomic mass is 35.5. The molecule has 0 atom stereocenters. The minimum atomic E-state index is -0.508. The van der Waals surface area contributed by atoms with Crippen molar-refractivity contribution in [3.63, 3.8) is 0 Å². The molecule has 0 saturated heterocycles. The monoisotopic (exact) mass is 333 g/mol. The van der Waals surface area contributed by atoms with Gasteiger partial charge >= 0.3 is 5.97 Å². The number of carbonyl (C=O) groups is 1. The summed E-state index contributed by atoms with van der Waals surface area (Å²) in [4.78, 5) is 11.5. The number of hydrogen-bond donors (Lipinski definition) is 0. The van der Waals surface area contributed by atoms with Crippen molar-refractivity contribution in [3.05, 3.63) is 44.7 Å². The van der Waals surface area contributed by atoms with Crippen molar-refractivity contribution >= 4 is 40.8 Å². The van der Waals surface area contributed by atoms with E-state index in [-0.39, 0.29) is 12.3 Å². The van der Waals surface area contributed by atoms with E-state index in [4.69, 9.17) is 39.5 Å². The van der Waals surface area contributed by atoms with Crippen molar-refractivity contribution < 1.29 is 9.53 Å². The van der Waals surface area contributed by atoms with Crippen molar-refractivity contribution in [2.45, 2.75) is 13.5 Å². The van der Waals surface area contributed by atoms with Crippen molar-refractivity contribution in [2.24, 2.45) is 0 Å². The van der Waals surface area contributed by atoms with Crippen molar-refractivity contribution in [1.82, 2.24) is 15.0 Å². The summed E-state index contributed by atoms with van der Waals surface area (Å²) in [5.74, 6) is -0.508. The van der Waals surface area contributed by atoms with Crippen LogP contribution in [0.1, 0.15) is 23.0 Å². The van der Waals surface area contributed by atoms with E-state index >= 15 is 0 Å². The summed E-state index contributed by atoms with van der Waals surface area (Å²) in [6.45, 7) is 2.37. The molecule has 0 aliphatic heterocycles. The minimum Gasteiger partial charge on any atom is -0.461 e. The molecule has 1 heterocycles. The Kier molecular flexibility index (Phi) is 4.86.